The van der Waals surface area contributed by atoms with Crippen LogP contribution in [0.5, 0.6) is 0 Å². The van der Waals surface area contributed by atoms with Crippen molar-refractivity contribution < 1.29 is 22.7 Å². The monoisotopic (exact) mass is 468 g/mol. The lowest BCUT2D eigenvalue weighted by Crippen LogP contribution is -2.30. The van der Waals surface area contributed by atoms with E-state index in [4.69, 9.17) is 4.74 Å². The Kier molecular flexibility index (Phi) is 7.34. The maximum absolute atomic E-state index is 12.5. The summed E-state index contributed by atoms with van der Waals surface area (Å²) in [5, 5.41) is 2.65. The lowest BCUT2D eigenvalue weighted by atomic mass is 10.1. The highest BCUT2D eigenvalue weighted by Crippen LogP contribution is 2.23. The van der Waals surface area contributed by atoms with Crippen LogP contribution in [0.3, 0.4) is 0 Å². The molecule has 28 heavy (non-hydrogen) atoms. The van der Waals surface area contributed by atoms with Crippen LogP contribution < -0.4 is 5.32 Å². The number of hydrogen-bond acceptors (Lipinski definition) is 5. The van der Waals surface area contributed by atoms with E-state index in [1.54, 1.807) is 32.0 Å². The second kappa shape index (κ2) is 9.31. The minimum Gasteiger partial charge on any atom is -0.465 e. The van der Waals surface area contributed by atoms with Crippen LogP contribution in [0.1, 0.15) is 34.6 Å². The van der Waals surface area contributed by atoms with Gasteiger partial charge in [-0.3, -0.25) is 4.79 Å². The molecule has 9 heteroatoms. The molecule has 0 radical (unpaired) electrons. The Morgan fingerprint density at radius 2 is 1.68 bits per heavy atom. The maximum atomic E-state index is 12.5. The Morgan fingerprint density at radius 1 is 1.07 bits per heavy atom. The molecular weight excluding hydrogens is 448 g/mol. The van der Waals surface area contributed by atoms with Gasteiger partial charge in [-0.2, -0.15) is 4.31 Å². The van der Waals surface area contributed by atoms with Crippen molar-refractivity contribution in [3.8, 4) is 0 Å². The number of esters is 1. The summed E-state index contributed by atoms with van der Waals surface area (Å²) in [7, 11) is -2.34. The van der Waals surface area contributed by atoms with Gasteiger partial charge in [0.25, 0.3) is 5.91 Å². The van der Waals surface area contributed by atoms with Gasteiger partial charge in [-0.05, 0) is 42.5 Å². The molecule has 1 amide bonds. The normalized spacial score (nSPS) is 11.3. The van der Waals surface area contributed by atoms with Crippen LogP contribution in [0.15, 0.2) is 51.8 Å². The number of sulfonamides is 1. The van der Waals surface area contributed by atoms with E-state index in [0.29, 0.717) is 23.2 Å². The largest absolute Gasteiger partial charge is 0.465 e. The number of anilines is 1. The molecule has 2 aromatic carbocycles. The van der Waals surface area contributed by atoms with E-state index in [0.717, 1.165) is 0 Å². The first-order valence-corrected chi connectivity index (χ1v) is 10.8. The number of carbonyl (C=O) groups excluding carboxylic acids is 2. The highest BCUT2D eigenvalue weighted by Gasteiger charge is 2.22. The van der Waals surface area contributed by atoms with Crippen LogP contribution in [0, 0.1) is 0 Å². The third kappa shape index (κ3) is 4.78. The lowest BCUT2D eigenvalue weighted by molar-refractivity contribution is 0.0602. The number of rotatable bonds is 7. The minimum absolute atomic E-state index is 0.117. The second-order valence-corrected chi connectivity index (χ2v) is 8.60. The van der Waals surface area contributed by atoms with E-state index in [9.17, 15) is 18.0 Å². The van der Waals surface area contributed by atoms with Crippen molar-refractivity contribution in [1.82, 2.24) is 4.31 Å². The van der Waals surface area contributed by atoms with E-state index in [-0.39, 0.29) is 16.0 Å². The molecular formula is C19H21BrN2O5S. The SMILES string of the molecule is CCN(CC)S(=O)(=O)c1ccc(C(=O)Nc2ccc(Br)cc2C(=O)OC)cc1. The maximum Gasteiger partial charge on any atom is 0.340 e. The Labute approximate surface area is 172 Å². The van der Waals surface area contributed by atoms with Crippen LogP contribution in [0.25, 0.3) is 0 Å². The van der Waals surface area contributed by atoms with Gasteiger partial charge in [0.2, 0.25) is 10.0 Å². The number of methoxy groups -OCH3 is 1. The number of amides is 1. The molecule has 0 aromatic heterocycles. The molecule has 0 saturated carbocycles. The average molecular weight is 469 g/mol. The number of carbonyl (C=O) groups is 2. The Morgan fingerprint density at radius 3 is 2.21 bits per heavy atom. The molecule has 0 aliphatic rings. The van der Waals surface area contributed by atoms with Gasteiger partial charge in [0.1, 0.15) is 0 Å². The van der Waals surface area contributed by atoms with Crippen LogP contribution in [-0.2, 0) is 14.8 Å². The molecule has 7 nitrogen and oxygen atoms in total. The number of hydrogen-bond donors (Lipinski definition) is 1. The molecule has 0 aliphatic heterocycles. The lowest BCUT2D eigenvalue weighted by Gasteiger charge is -2.18. The summed E-state index contributed by atoms with van der Waals surface area (Å²) in [6, 6.07) is 10.5. The highest BCUT2D eigenvalue weighted by atomic mass is 79.9. The van der Waals surface area contributed by atoms with Crippen molar-refractivity contribution in [2.45, 2.75) is 18.7 Å². The van der Waals surface area contributed by atoms with Gasteiger partial charge < -0.3 is 10.1 Å². The summed E-state index contributed by atoms with van der Waals surface area (Å²) in [5.41, 5.74) is 0.753. The summed E-state index contributed by atoms with van der Waals surface area (Å²) in [5.74, 6) is -1.06. The van der Waals surface area contributed by atoms with Gasteiger partial charge in [0.05, 0.1) is 23.3 Å². The zero-order valence-electron chi connectivity index (χ0n) is 15.7. The predicted molar refractivity (Wildman–Crippen MR) is 110 cm³/mol. The zero-order chi connectivity index (χ0) is 20.9. The molecule has 0 heterocycles. The Balaban J connectivity index is 2.27. The summed E-state index contributed by atoms with van der Waals surface area (Å²) >= 11 is 3.27. The fraction of sp³-hybridized carbons (Fsp3) is 0.263. The van der Waals surface area contributed by atoms with Gasteiger partial charge in [-0.1, -0.05) is 29.8 Å². The van der Waals surface area contributed by atoms with Crippen molar-refractivity contribution in [1.29, 1.82) is 0 Å². The van der Waals surface area contributed by atoms with Crippen molar-refractivity contribution in [2.24, 2.45) is 0 Å². The molecule has 0 bridgehead atoms. The molecule has 2 rings (SSSR count). The van der Waals surface area contributed by atoms with E-state index >= 15 is 0 Å². The van der Waals surface area contributed by atoms with Crippen LogP contribution >= 0.6 is 15.9 Å². The fourth-order valence-corrected chi connectivity index (χ4v) is 4.41. The van der Waals surface area contributed by atoms with Gasteiger partial charge in [0, 0.05) is 23.1 Å². The van der Waals surface area contributed by atoms with Crippen molar-refractivity contribution in [2.75, 3.05) is 25.5 Å². The van der Waals surface area contributed by atoms with E-state index < -0.39 is 21.9 Å². The first-order chi connectivity index (χ1) is 13.2. The van der Waals surface area contributed by atoms with Crippen LogP contribution in [-0.4, -0.2) is 44.8 Å². The van der Waals surface area contributed by atoms with E-state index in [1.165, 1.54) is 35.7 Å². The average Bonchev–Trinajstić information content (AvgIpc) is 2.69. The summed E-state index contributed by atoms with van der Waals surface area (Å²) < 4.78 is 31.8. The quantitative estimate of drug-likeness (QED) is 0.627. The molecule has 0 spiro atoms. The molecule has 0 atom stereocenters. The summed E-state index contributed by atoms with van der Waals surface area (Å²) in [6.45, 7) is 4.25. The number of halogens is 1. The molecule has 0 fully saturated rings. The number of nitrogens with one attached hydrogen (secondary N) is 1. The smallest absolute Gasteiger partial charge is 0.340 e. The second-order valence-electron chi connectivity index (χ2n) is 5.75. The topological polar surface area (TPSA) is 92.8 Å². The Hall–Kier alpha value is -2.23. The number of nitrogens with zero attached hydrogens (tertiary/aromatic N) is 1. The first kappa shape index (κ1) is 22.1. The molecule has 150 valence electrons. The molecule has 2 aromatic rings. The molecule has 1 N–H and O–H groups in total. The van der Waals surface area contributed by atoms with Gasteiger partial charge in [-0.15, -0.1) is 0 Å². The van der Waals surface area contributed by atoms with Crippen LogP contribution in [0.4, 0.5) is 5.69 Å². The summed E-state index contributed by atoms with van der Waals surface area (Å²) in [4.78, 5) is 24.6. The van der Waals surface area contributed by atoms with Gasteiger partial charge in [0.15, 0.2) is 0 Å². The molecule has 0 unspecified atom stereocenters. The fourth-order valence-electron chi connectivity index (χ4n) is 2.59. The van der Waals surface area contributed by atoms with Gasteiger partial charge in [-0.25, -0.2) is 13.2 Å². The van der Waals surface area contributed by atoms with Crippen LogP contribution in [0.2, 0.25) is 0 Å². The number of ether oxygens (including phenoxy) is 1. The van der Waals surface area contributed by atoms with E-state index in [1.807, 2.05) is 0 Å². The number of benzene rings is 2. The van der Waals surface area contributed by atoms with E-state index in [2.05, 4.69) is 21.2 Å². The third-order valence-electron chi connectivity index (χ3n) is 4.09. The third-order valence-corrected chi connectivity index (χ3v) is 6.65. The van der Waals surface area contributed by atoms with Crippen molar-refractivity contribution in [3.63, 3.8) is 0 Å². The van der Waals surface area contributed by atoms with Crippen molar-refractivity contribution in [3.05, 3.63) is 58.1 Å². The predicted octanol–water partition coefficient (Wildman–Crippen LogP) is 3.52. The summed E-state index contributed by atoms with van der Waals surface area (Å²) in [6.07, 6.45) is 0. The van der Waals surface area contributed by atoms with Crippen molar-refractivity contribution >= 4 is 43.5 Å². The zero-order valence-corrected chi connectivity index (χ0v) is 18.1. The minimum atomic E-state index is -3.59. The first-order valence-electron chi connectivity index (χ1n) is 8.54. The molecule has 0 saturated heterocycles. The molecule has 0 aliphatic carbocycles. The Bertz CT molecular complexity index is 970. The van der Waals surface area contributed by atoms with Gasteiger partial charge >= 0.3 is 5.97 Å². The standard InChI is InChI=1S/C19H21BrN2O5S/c1-4-22(5-2)28(25,26)15-9-6-13(7-10-15)18(23)21-17-11-8-14(20)12-16(17)19(24)27-3/h6-12H,4-5H2,1-3H3,(H,21,23). The highest BCUT2D eigenvalue weighted by molar-refractivity contribution is 9.10.